The number of thioether (sulfide) groups is 1. The first-order valence-corrected chi connectivity index (χ1v) is 8.96. The minimum atomic E-state index is -0.0410. The molecule has 0 aromatic carbocycles. The molecule has 0 radical (unpaired) electrons. The summed E-state index contributed by atoms with van der Waals surface area (Å²) in [6.45, 7) is 2.73. The molecular formula is C14H20BrN3OS. The summed E-state index contributed by atoms with van der Waals surface area (Å²) in [6, 6.07) is 2.09. The van der Waals surface area contributed by atoms with Crippen molar-refractivity contribution in [1.82, 2.24) is 10.3 Å². The van der Waals surface area contributed by atoms with Gasteiger partial charge >= 0.3 is 0 Å². The van der Waals surface area contributed by atoms with E-state index in [0.29, 0.717) is 16.6 Å². The zero-order chi connectivity index (χ0) is 14.5. The van der Waals surface area contributed by atoms with E-state index in [-0.39, 0.29) is 11.9 Å². The molecule has 1 saturated carbocycles. The Kier molecular flexibility index (Phi) is 5.72. The highest BCUT2D eigenvalue weighted by atomic mass is 79.9. The summed E-state index contributed by atoms with van der Waals surface area (Å²) in [5.41, 5.74) is 0.605. The van der Waals surface area contributed by atoms with Crippen LogP contribution in [0.25, 0.3) is 0 Å². The Hall–Kier alpha value is -0.750. The molecule has 1 fully saturated rings. The molecule has 2 unspecified atom stereocenters. The van der Waals surface area contributed by atoms with Crippen LogP contribution in [0.1, 0.15) is 36.5 Å². The van der Waals surface area contributed by atoms with Crippen LogP contribution >= 0.6 is 27.7 Å². The summed E-state index contributed by atoms with van der Waals surface area (Å²) in [7, 11) is 0. The van der Waals surface area contributed by atoms with Gasteiger partial charge in [0.2, 0.25) is 0 Å². The number of hydrogen-bond donors (Lipinski definition) is 2. The summed E-state index contributed by atoms with van der Waals surface area (Å²) in [5.74, 6) is 0.604. The summed E-state index contributed by atoms with van der Waals surface area (Å²) < 4.78 is 0.817. The van der Waals surface area contributed by atoms with Gasteiger partial charge in [0.1, 0.15) is 5.82 Å². The number of pyridine rings is 1. The average molecular weight is 358 g/mol. The van der Waals surface area contributed by atoms with Crippen molar-refractivity contribution in [3.8, 4) is 0 Å². The third-order valence-corrected chi connectivity index (χ3v) is 5.12. The zero-order valence-electron chi connectivity index (χ0n) is 11.8. The van der Waals surface area contributed by atoms with Crippen LogP contribution in [0.15, 0.2) is 16.7 Å². The molecule has 0 aliphatic heterocycles. The molecule has 2 rings (SSSR count). The number of carbonyl (C=O) groups is 1. The van der Waals surface area contributed by atoms with Crippen molar-refractivity contribution in [3.63, 3.8) is 0 Å². The lowest BCUT2D eigenvalue weighted by molar-refractivity contribution is 0.0939. The van der Waals surface area contributed by atoms with Crippen LogP contribution in [0.2, 0.25) is 0 Å². The van der Waals surface area contributed by atoms with Crippen LogP contribution in [-0.4, -0.2) is 35.0 Å². The number of hydrogen-bond acceptors (Lipinski definition) is 4. The van der Waals surface area contributed by atoms with Gasteiger partial charge < -0.3 is 10.6 Å². The molecule has 2 atom stereocenters. The number of halogens is 1. The summed E-state index contributed by atoms with van der Waals surface area (Å²) in [4.78, 5) is 16.8. The van der Waals surface area contributed by atoms with E-state index in [1.54, 1.807) is 6.20 Å². The second kappa shape index (κ2) is 7.31. The van der Waals surface area contributed by atoms with E-state index in [1.165, 1.54) is 12.8 Å². The molecule has 0 saturated heterocycles. The summed E-state index contributed by atoms with van der Waals surface area (Å²) in [5, 5.41) is 6.83. The normalized spacial score (nSPS) is 21.8. The molecule has 1 heterocycles. The summed E-state index contributed by atoms with van der Waals surface area (Å²) >= 11 is 5.22. The third kappa shape index (κ3) is 3.67. The van der Waals surface area contributed by atoms with E-state index >= 15 is 0 Å². The lowest BCUT2D eigenvalue weighted by Gasteiger charge is -2.20. The maximum Gasteiger partial charge on any atom is 0.255 e. The van der Waals surface area contributed by atoms with Gasteiger partial charge in [0, 0.05) is 28.5 Å². The minimum absolute atomic E-state index is 0.0410. The Bertz CT molecular complexity index is 483. The van der Waals surface area contributed by atoms with Crippen molar-refractivity contribution in [1.29, 1.82) is 0 Å². The van der Waals surface area contributed by atoms with E-state index in [1.807, 2.05) is 24.8 Å². The standard InChI is InChI=1S/C14H20BrN3OS/c1-3-16-13-10(7-9(15)8-17-13)14(19)18-11-5-4-6-12(11)20-2/h7-8,11-12H,3-6H2,1-2H3,(H,16,17)(H,18,19). The molecule has 20 heavy (non-hydrogen) atoms. The Balaban J connectivity index is 2.13. The van der Waals surface area contributed by atoms with E-state index in [4.69, 9.17) is 0 Å². The lowest BCUT2D eigenvalue weighted by Crippen LogP contribution is -2.39. The Labute approximate surface area is 132 Å². The molecule has 1 aliphatic rings. The number of aromatic nitrogens is 1. The zero-order valence-corrected chi connectivity index (χ0v) is 14.2. The fourth-order valence-electron chi connectivity index (χ4n) is 2.54. The van der Waals surface area contributed by atoms with E-state index in [2.05, 4.69) is 37.8 Å². The summed E-state index contributed by atoms with van der Waals surface area (Å²) in [6.07, 6.45) is 7.25. The van der Waals surface area contributed by atoms with Crippen LogP contribution in [-0.2, 0) is 0 Å². The van der Waals surface area contributed by atoms with Crippen molar-refractivity contribution < 1.29 is 4.79 Å². The number of amides is 1. The van der Waals surface area contributed by atoms with Gasteiger partial charge in [-0.3, -0.25) is 4.79 Å². The molecule has 1 aromatic rings. The second-order valence-corrected chi connectivity index (χ2v) is 6.86. The smallest absolute Gasteiger partial charge is 0.255 e. The fraction of sp³-hybridized carbons (Fsp3) is 0.571. The number of rotatable bonds is 5. The number of carbonyl (C=O) groups excluding carboxylic acids is 1. The van der Waals surface area contributed by atoms with Gasteiger partial charge in [0.15, 0.2) is 0 Å². The molecule has 1 amide bonds. The first kappa shape index (κ1) is 15.6. The Morgan fingerprint density at radius 3 is 3.05 bits per heavy atom. The highest BCUT2D eigenvalue weighted by molar-refractivity contribution is 9.10. The van der Waals surface area contributed by atoms with Gasteiger partial charge in [0.05, 0.1) is 5.56 Å². The fourth-order valence-corrected chi connectivity index (χ4v) is 3.81. The van der Waals surface area contributed by atoms with Crippen LogP contribution in [0.4, 0.5) is 5.82 Å². The quantitative estimate of drug-likeness (QED) is 0.848. The van der Waals surface area contributed by atoms with E-state index < -0.39 is 0 Å². The van der Waals surface area contributed by atoms with Gasteiger partial charge in [-0.1, -0.05) is 6.42 Å². The highest BCUT2D eigenvalue weighted by Gasteiger charge is 2.28. The number of nitrogens with zero attached hydrogens (tertiary/aromatic N) is 1. The maximum atomic E-state index is 12.5. The van der Waals surface area contributed by atoms with Gasteiger partial charge in [-0.15, -0.1) is 0 Å². The minimum Gasteiger partial charge on any atom is -0.370 e. The first-order valence-electron chi connectivity index (χ1n) is 6.88. The van der Waals surface area contributed by atoms with Crippen molar-refractivity contribution in [2.45, 2.75) is 37.5 Å². The molecule has 0 bridgehead atoms. The van der Waals surface area contributed by atoms with Crippen molar-refractivity contribution >= 4 is 39.4 Å². The molecule has 2 N–H and O–H groups in total. The topological polar surface area (TPSA) is 54.0 Å². The number of anilines is 1. The third-order valence-electron chi connectivity index (χ3n) is 3.51. The molecule has 1 aromatic heterocycles. The van der Waals surface area contributed by atoms with Crippen LogP contribution < -0.4 is 10.6 Å². The van der Waals surface area contributed by atoms with Crippen molar-refractivity contribution in [2.75, 3.05) is 18.1 Å². The SMILES string of the molecule is CCNc1ncc(Br)cc1C(=O)NC1CCCC1SC. The molecule has 6 heteroatoms. The van der Waals surface area contributed by atoms with Gasteiger partial charge in [-0.25, -0.2) is 4.98 Å². The molecule has 4 nitrogen and oxygen atoms in total. The van der Waals surface area contributed by atoms with Crippen molar-refractivity contribution in [2.24, 2.45) is 0 Å². The van der Waals surface area contributed by atoms with Gasteiger partial charge in [-0.2, -0.15) is 11.8 Å². The number of nitrogens with one attached hydrogen (secondary N) is 2. The predicted octanol–water partition coefficient (Wildman–Crippen LogP) is 3.29. The first-order chi connectivity index (χ1) is 9.65. The van der Waals surface area contributed by atoms with E-state index in [0.717, 1.165) is 17.4 Å². The van der Waals surface area contributed by atoms with Crippen molar-refractivity contribution in [3.05, 3.63) is 22.3 Å². The molecule has 0 spiro atoms. The van der Waals surface area contributed by atoms with Crippen LogP contribution in [0, 0.1) is 0 Å². The molecular weight excluding hydrogens is 338 g/mol. The second-order valence-electron chi connectivity index (χ2n) is 4.87. The van der Waals surface area contributed by atoms with Gasteiger partial charge in [-0.05, 0) is 48.0 Å². The average Bonchev–Trinajstić information content (AvgIpc) is 2.88. The largest absolute Gasteiger partial charge is 0.370 e. The maximum absolute atomic E-state index is 12.5. The predicted molar refractivity (Wildman–Crippen MR) is 88.5 cm³/mol. The Morgan fingerprint density at radius 2 is 2.35 bits per heavy atom. The Morgan fingerprint density at radius 1 is 1.55 bits per heavy atom. The van der Waals surface area contributed by atoms with E-state index in [9.17, 15) is 4.79 Å². The monoisotopic (exact) mass is 357 g/mol. The van der Waals surface area contributed by atoms with Gasteiger partial charge in [0.25, 0.3) is 5.91 Å². The van der Waals surface area contributed by atoms with Crippen LogP contribution in [0.3, 0.4) is 0 Å². The molecule has 1 aliphatic carbocycles. The highest BCUT2D eigenvalue weighted by Crippen LogP contribution is 2.29. The van der Waals surface area contributed by atoms with Crippen LogP contribution in [0.5, 0.6) is 0 Å². The lowest BCUT2D eigenvalue weighted by atomic mass is 10.2. The molecule has 110 valence electrons.